The third-order valence-electron chi connectivity index (χ3n) is 4.31. The van der Waals surface area contributed by atoms with Crippen molar-refractivity contribution in [1.29, 1.82) is 0 Å². The number of nitrogens with zero attached hydrogens (tertiary/aromatic N) is 1. The van der Waals surface area contributed by atoms with Gasteiger partial charge in [0.2, 0.25) is 5.91 Å². The Morgan fingerprint density at radius 1 is 1.15 bits per heavy atom. The summed E-state index contributed by atoms with van der Waals surface area (Å²) in [5, 5.41) is 6.24. The molecule has 134 valence electrons. The first-order valence-electron chi connectivity index (χ1n) is 8.47. The second kappa shape index (κ2) is 8.40. The first-order chi connectivity index (χ1) is 12.7. The molecule has 3 rings (SSSR count). The standard InChI is InChI=1S/C20H21FN4O/c21-16-8-6-15(7-9-16)19(14-4-2-1-3-5-14)25-20(26)17-10-11-23-12-18(17)24-13-22/h1-9,13,19,23H,10-12H2,(H2,22,24)(H,25,26). The molecule has 0 aliphatic carbocycles. The maximum atomic E-state index is 13.3. The molecule has 1 heterocycles. The molecule has 0 aromatic heterocycles. The van der Waals surface area contributed by atoms with Gasteiger partial charge in [0.05, 0.1) is 18.1 Å². The molecular weight excluding hydrogens is 331 g/mol. The summed E-state index contributed by atoms with van der Waals surface area (Å²) < 4.78 is 13.3. The van der Waals surface area contributed by atoms with Gasteiger partial charge in [0.25, 0.3) is 0 Å². The average molecular weight is 352 g/mol. The van der Waals surface area contributed by atoms with E-state index in [1.807, 2.05) is 30.3 Å². The van der Waals surface area contributed by atoms with Crippen LogP contribution in [0.3, 0.4) is 0 Å². The number of nitrogens with two attached hydrogens (primary N) is 1. The van der Waals surface area contributed by atoms with E-state index in [1.165, 1.54) is 18.5 Å². The Balaban J connectivity index is 1.93. The zero-order chi connectivity index (χ0) is 18.4. The van der Waals surface area contributed by atoms with E-state index in [2.05, 4.69) is 15.6 Å². The number of carbonyl (C=O) groups excluding carboxylic acids is 1. The van der Waals surface area contributed by atoms with Crippen LogP contribution in [0, 0.1) is 5.82 Å². The minimum absolute atomic E-state index is 0.190. The van der Waals surface area contributed by atoms with Crippen LogP contribution in [0.2, 0.25) is 0 Å². The van der Waals surface area contributed by atoms with Gasteiger partial charge in [-0.1, -0.05) is 42.5 Å². The maximum Gasteiger partial charge on any atom is 0.249 e. The molecular formula is C20H21FN4O. The van der Waals surface area contributed by atoms with Crippen LogP contribution in [0.15, 0.2) is 70.9 Å². The van der Waals surface area contributed by atoms with Gasteiger partial charge >= 0.3 is 0 Å². The molecule has 1 aliphatic rings. The predicted molar refractivity (Wildman–Crippen MR) is 100 cm³/mol. The highest BCUT2D eigenvalue weighted by molar-refractivity contribution is 5.95. The number of halogens is 1. The Morgan fingerprint density at radius 2 is 1.85 bits per heavy atom. The van der Waals surface area contributed by atoms with Crippen molar-refractivity contribution in [3.63, 3.8) is 0 Å². The summed E-state index contributed by atoms with van der Waals surface area (Å²) in [6.45, 7) is 1.21. The van der Waals surface area contributed by atoms with Crippen molar-refractivity contribution >= 4 is 12.2 Å². The summed E-state index contributed by atoms with van der Waals surface area (Å²) in [5.74, 6) is -0.502. The fourth-order valence-electron chi connectivity index (χ4n) is 3.01. The van der Waals surface area contributed by atoms with Gasteiger partial charge in [0.1, 0.15) is 5.82 Å². The monoisotopic (exact) mass is 352 g/mol. The molecule has 0 saturated heterocycles. The van der Waals surface area contributed by atoms with Gasteiger partial charge in [-0.25, -0.2) is 9.38 Å². The highest BCUT2D eigenvalue weighted by Gasteiger charge is 2.23. The fourth-order valence-corrected chi connectivity index (χ4v) is 3.01. The Bertz CT molecular complexity index is 815. The number of amides is 1. The molecule has 2 aromatic rings. The molecule has 0 saturated carbocycles. The van der Waals surface area contributed by atoms with E-state index in [1.54, 1.807) is 12.1 Å². The van der Waals surface area contributed by atoms with Crippen LogP contribution in [0.4, 0.5) is 4.39 Å². The van der Waals surface area contributed by atoms with Crippen LogP contribution >= 0.6 is 0 Å². The topological polar surface area (TPSA) is 79.5 Å². The molecule has 1 atom stereocenters. The summed E-state index contributed by atoms with van der Waals surface area (Å²) in [4.78, 5) is 17.0. The SMILES string of the molecule is NC=NC1=C(C(=O)NC(c2ccccc2)c2ccc(F)cc2)CCNC1. The molecule has 26 heavy (non-hydrogen) atoms. The van der Waals surface area contributed by atoms with Crippen LogP contribution in [0.1, 0.15) is 23.6 Å². The lowest BCUT2D eigenvalue weighted by Gasteiger charge is -2.23. The van der Waals surface area contributed by atoms with E-state index in [4.69, 9.17) is 5.73 Å². The van der Waals surface area contributed by atoms with Crippen molar-refractivity contribution in [2.24, 2.45) is 10.7 Å². The Morgan fingerprint density at radius 3 is 2.54 bits per heavy atom. The van der Waals surface area contributed by atoms with E-state index in [0.29, 0.717) is 30.8 Å². The molecule has 2 aromatic carbocycles. The Labute approximate surface area is 151 Å². The van der Waals surface area contributed by atoms with Gasteiger partial charge in [-0.15, -0.1) is 0 Å². The van der Waals surface area contributed by atoms with E-state index >= 15 is 0 Å². The first-order valence-corrected chi connectivity index (χ1v) is 8.47. The van der Waals surface area contributed by atoms with Crippen LogP contribution in [0.25, 0.3) is 0 Å². The van der Waals surface area contributed by atoms with Gasteiger partial charge in [0.15, 0.2) is 0 Å². The van der Waals surface area contributed by atoms with Crippen LogP contribution in [0.5, 0.6) is 0 Å². The quantitative estimate of drug-likeness (QED) is 0.570. The predicted octanol–water partition coefficient (Wildman–Crippen LogP) is 2.27. The molecule has 6 heteroatoms. The van der Waals surface area contributed by atoms with Crippen molar-refractivity contribution in [2.75, 3.05) is 13.1 Å². The molecule has 0 spiro atoms. The number of carbonyl (C=O) groups is 1. The third kappa shape index (κ3) is 4.15. The summed E-state index contributed by atoms with van der Waals surface area (Å²) in [6.07, 6.45) is 1.77. The number of benzene rings is 2. The summed E-state index contributed by atoms with van der Waals surface area (Å²) in [7, 11) is 0. The second-order valence-corrected chi connectivity index (χ2v) is 6.00. The van der Waals surface area contributed by atoms with Crippen LogP contribution in [-0.2, 0) is 4.79 Å². The van der Waals surface area contributed by atoms with Crippen molar-refractivity contribution in [3.8, 4) is 0 Å². The largest absolute Gasteiger partial charge is 0.390 e. The molecule has 0 fully saturated rings. The van der Waals surface area contributed by atoms with E-state index < -0.39 is 0 Å². The molecule has 0 radical (unpaired) electrons. The van der Waals surface area contributed by atoms with Crippen LogP contribution < -0.4 is 16.4 Å². The number of aliphatic imine (C=N–C) groups is 1. The lowest BCUT2D eigenvalue weighted by Crippen LogP contribution is -2.35. The molecule has 1 unspecified atom stereocenters. The normalized spacial score (nSPS) is 15.9. The van der Waals surface area contributed by atoms with E-state index in [0.717, 1.165) is 11.1 Å². The van der Waals surface area contributed by atoms with Gasteiger partial charge in [-0.3, -0.25) is 4.79 Å². The smallest absolute Gasteiger partial charge is 0.249 e. The fraction of sp³-hybridized carbons (Fsp3) is 0.200. The van der Waals surface area contributed by atoms with Crippen molar-refractivity contribution in [3.05, 3.63) is 82.8 Å². The third-order valence-corrected chi connectivity index (χ3v) is 4.31. The lowest BCUT2D eigenvalue weighted by molar-refractivity contribution is -0.118. The van der Waals surface area contributed by atoms with Crippen molar-refractivity contribution in [2.45, 2.75) is 12.5 Å². The Kier molecular flexibility index (Phi) is 5.76. The first kappa shape index (κ1) is 17.8. The summed E-state index contributed by atoms with van der Waals surface area (Å²) >= 11 is 0. The van der Waals surface area contributed by atoms with E-state index in [-0.39, 0.29) is 17.8 Å². The zero-order valence-corrected chi connectivity index (χ0v) is 14.3. The number of hydrogen-bond acceptors (Lipinski definition) is 3. The number of nitrogens with one attached hydrogen (secondary N) is 2. The minimum atomic E-state index is -0.380. The highest BCUT2D eigenvalue weighted by Crippen LogP contribution is 2.24. The zero-order valence-electron chi connectivity index (χ0n) is 14.3. The van der Waals surface area contributed by atoms with Crippen molar-refractivity contribution in [1.82, 2.24) is 10.6 Å². The van der Waals surface area contributed by atoms with Gasteiger partial charge in [0, 0.05) is 12.1 Å². The van der Waals surface area contributed by atoms with Crippen LogP contribution in [-0.4, -0.2) is 25.3 Å². The number of rotatable bonds is 5. The maximum absolute atomic E-state index is 13.3. The lowest BCUT2D eigenvalue weighted by atomic mass is 9.97. The van der Waals surface area contributed by atoms with Gasteiger partial charge in [-0.2, -0.15) is 0 Å². The van der Waals surface area contributed by atoms with Gasteiger partial charge < -0.3 is 16.4 Å². The van der Waals surface area contributed by atoms with Crippen molar-refractivity contribution < 1.29 is 9.18 Å². The molecule has 0 bridgehead atoms. The minimum Gasteiger partial charge on any atom is -0.390 e. The molecule has 5 nitrogen and oxygen atoms in total. The summed E-state index contributed by atoms with van der Waals surface area (Å²) in [5.41, 5.74) is 8.39. The second-order valence-electron chi connectivity index (χ2n) is 6.00. The number of hydrogen-bond donors (Lipinski definition) is 3. The summed E-state index contributed by atoms with van der Waals surface area (Å²) in [6, 6.07) is 15.4. The molecule has 1 aliphatic heterocycles. The van der Waals surface area contributed by atoms with Gasteiger partial charge in [-0.05, 0) is 36.2 Å². The average Bonchev–Trinajstić information content (AvgIpc) is 2.68. The molecule has 1 amide bonds. The Hall–Kier alpha value is -2.99. The molecule has 4 N–H and O–H groups in total. The van der Waals surface area contributed by atoms with E-state index in [9.17, 15) is 9.18 Å². The highest BCUT2D eigenvalue weighted by atomic mass is 19.1.